The lowest BCUT2D eigenvalue weighted by Crippen LogP contribution is -2.47. The van der Waals surface area contributed by atoms with Gasteiger partial charge in [-0.25, -0.2) is 0 Å². The van der Waals surface area contributed by atoms with Crippen LogP contribution in [0.5, 0.6) is 11.5 Å². The highest BCUT2D eigenvalue weighted by Gasteiger charge is 2.42. The van der Waals surface area contributed by atoms with Gasteiger partial charge in [0.2, 0.25) is 5.91 Å². The molecule has 1 amide bonds. The van der Waals surface area contributed by atoms with Crippen LogP contribution in [0.3, 0.4) is 0 Å². The van der Waals surface area contributed by atoms with Crippen molar-refractivity contribution in [1.82, 2.24) is 5.32 Å². The Kier molecular flexibility index (Phi) is 15.2. The van der Waals surface area contributed by atoms with Gasteiger partial charge in [0.25, 0.3) is 0 Å². The quantitative estimate of drug-likeness (QED) is 0.204. The second-order valence-corrected chi connectivity index (χ2v) is 13.7. The van der Waals surface area contributed by atoms with E-state index in [2.05, 4.69) is 25.2 Å². The van der Waals surface area contributed by atoms with Gasteiger partial charge in [0.05, 0.1) is 25.9 Å². The monoisotopic (exact) mass is 620 g/mol. The van der Waals surface area contributed by atoms with Crippen LogP contribution in [0.25, 0.3) is 0 Å². The van der Waals surface area contributed by atoms with Crippen molar-refractivity contribution in [3.63, 3.8) is 0 Å². The van der Waals surface area contributed by atoms with Crippen LogP contribution in [0.4, 0.5) is 0 Å². The lowest BCUT2D eigenvalue weighted by Gasteiger charge is -2.32. The highest BCUT2D eigenvalue weighted by Crippen LogP contribution is 2.39. The van der Waals surface area contributed by atoms with Crippen molar-refractivity contribution < 1.29 is 33.6 Å². The van der Waals surface area contributed by atoms with Crippen LogP contribution >= 0.6 is 0 Å². The van der Waals surface area contributed by atoms with Crippen LogP contribution in [0.15, 0.2) is 18.2 Å². The van der Waals surface area contributed by atoms with Crippen LogP contribution in [0.2, 0.25) is 0 Å². The standard InChI is InChI=1S/C35H60N2O7/c1-22(2)25(15-24-9-10-33(42-7)34(16-24)44-13-8-12-40-5)18-30(36)32(38)20-28(23(3)4)35(39)37-31-11-14-43-21-26-17-27(41-6)19-29(26)31/h9-10,16,22-23,25-32,38H,8,11-15,17-21,36H2,1-7H3,(H,37,39)/t25?,26?,27?,28?,29?,30-,31?,32?/m0/s1. The summed E-state index contributed by atoms with van der Waals surface area (Å²) in [6, 6.07) is 5.69. The summed E-state index contributed by atoms with van der Waals surface area (Å²) >= 11 is 0. The first kappa shape index (κ1) is 36.6. The van der Waals surface area contributed by atoms with E-state index in [1.807, 2.05) is 26.0 Å². The van der Waals surface area contributed by atoms with Crippen molar-refractivity contribution in [1.29, 1.82) is 0 Å². The second-order valence-electron chi connectivity index (χ2n) is 13.7. The maximum atomic E-state index is 13.7. The Morgan fingerprint density at radius 1 is 1.07 bits per heavy atom. The van der Waals surface area contributed by atoms with E-state index in [0.717, 1.165) is 50.0 Å². The molecule has 0 spiro atoms. The summed E-state index contributed by atoms with van der Waals surface area (Å²) in [5.74, 6) is 2.56. The van der Waals surface area contributed by atoms with Crippen LogP contribution in [0, 0.1) is 35.5 Å². The van der Waals surface area contributed by atoms with Gasteiger partial charge in [0.15, 0.2) is 11.5 Å². The Morgan fingerprint density at radius 3 is 2.50 bits per heavy atom. The van der Waals surface area contributed by atoms with Crippen LogP contribution in [-0.4, -0.2) is 83.1 Å². The number of benzene rings is 1. The molecule has 8 atom stereocenters. The Balaban J connectivity index is 1.61. The summed E-state index contributed by atoms with van der Waals surface area (Å²) in [5, 5.41) is 14.7. The first-order valence-corrected chi connectivity index (χ1v) is 16.7. The predicted molar refractivity (Wildman–Crippen MR) is 173 cm³/mol. The first-order chi connectivity index (χ1) is 21.1. The number of hydrogen-bond donors (Lipinski definition) is 3. The fraction of sp³-hybridized carbons (Fsp3) is 0.800. The molecule has 252 valence electrons. The highest BCUT2D eigenvalue weighted by molar-refractivity contribution is 5.79. The van der Waals surface area contributed by atoms with E-state index in [9.17, 15) is 9.90 Å². The minimum absolute atomic E-state index is 0.00874. The maximum Gasteiger partial charge on any atom is 0.223 e. The molecule has 1 saturated heterocycles. The lowest BCUT2D eigenvalue weighted by molar-refractivity contribution is -0.129. The molecule has 1 heterocycles. The first-order valence-electron chi connectivity index (χ1n) is 16.7. The number of hydrogen-bond acceptors (Lipinski definition) is 8. The number of ether oxygens (including phenoxy) is 5. The number of carbonyl (C=O) groups excluding carboxylic acids is 1. The minimum Gasteiger partial charge on any atom is -0.493 e. The summed E-state index contributed by atoms with van der Waals surface area (Å²) in [6.45, 7) is 11.1. The second kappa shape index (κ2) is 18.3. The molecule has 0 aromatic heterocycles. The van der Waals surface area contributed by atoms with Gasteiger partial charge in [-0.1, -0.05) is 33.8 Å². The van der Waals surface area contributed by atoms with E-state index in [1.165, 1.54) is 0 Å². The topological polar surface area (TPSA) is 122 Å². The fourth-order valence-corrected chi connectivity index (χ4v) is 6.97. The average molecular weight is 621 g/mol. The van der Waals surface area contributed by atoms with Gasteiger partial charge < -0.3 is 39.8 Å². The Morgan fingerprint density at radius 2 is 1.84 bits per heavy atom. The summed E-state index contributed by atoms with van der Waals surface area (Å²) < 4.78 is 28.2. The molecular weight excluding hydrogens is 560 g/mol. The summed E-state index contributed by atoms with van der Waals surface area (Å²) in [7, 11) is 5.09. The predicted octanol–water partition coefficient (Wildman–Crippen LogP) is 4.61. The van der Waals surface area contributed by atoms with E-state index in [1.54, 1.807) is 21.3 Å². The number of aliphatic hydroxyl groups excluding tert-OH is 1. The Hall–Kier alpha value is -1.91. The number of aliphatic hydroxyl groups is 1. The number of methoxy groups -OCH3 is 3. The summed E-state index contributed by atoms with van der Waals surface area (Å²) in [6.07, 6.45) is 4.77. The third-order valence-corrected chi connectivity index (χ3v) is 9.91. The number of fused-ring (bicyclic) bond motifs is 1. The van der Waals surface area contributed by atoms with E-state index in [0.29, 0.717) is 56.2 Å². The van der Waals surface area contributed by atoms with Crippen molar-refractivity contribution in [2.75, 3.05) is 47.8 Å². The molecule has 0 bridgehead atoms. The molecule has 1 aromatic rings. The maximum absolute atomic E-state index is 13.7. The van der Waals surface area contributed by atoms with E-state index >= 15 is 0 Å². The van der Waals surface area contributed by atoms with Crippen LogP contribution in [0.1, 0.15) is 71.8 Å². The molecule has 7 unspecified atom stereocenters. The average Bonchev–Trinajstić information content (AvgIpc) is 3.33. The number of nitrogens with two attached hydrogens (primary N) is 1. The van der Waals surface area contributed by atoms with Gasteiger partial charge in [-0.05, 0) is 85.8 Å². The van der Waals surface area contributed by atoms with E-state index in [4.69, 9.17) is 29.4 Å². The van der Waals surface area contributed by atoms with Crippen LogP contribution < -0.4 is 20.5 Å². The largest absolute Gasteiger partial charge is 0.493 e. The number of rotatable bonds is 18. The molecule has 4 N–H and O–H groups in total. The van der Waals surface area contributed by atoms with Gasteiger partial charge in [-0.15, -0.1) is 0 Å². The van der Waals surface area contributed by atoms with Crippen molar-refractivity contribution in [3.05, 3.63) is 23.8 Å². The van der Waals surface area contributed by atoms with Gasteiger partial charge >= 0.3 is 0 Å². The Bertz CT molecular complexity index is 990. The normalized spacial score (nSPS) is 24.8. The van der Waals surface area contributed by atoms with Crippen molar-refractivity contribution in [2.24, 2.45) is 41.2 Å². The third kappa shape index (κ3) is 10.6. The molecule has 0 radical (unpaired) electrons. The molecule has 1 aromatic carbocycles. The molecule has 3 rings (SSSR count). The molecule has 2 aliphatic rings. The summed E-state index contributed by atoms with van der Waals surface area (Å²) in [5.41, 5.74) is 7.80. The SMILES string of the molecule is COCCCOc1cc(CC(C[C@H](N)C(O)CC(C(=O)NC2CCOCC3CC(OC)CC32)C(C)C)C(C)C)ccc1OC. The number of carbonyl (C=O) groups is 1. The molecule has 1 aliphatic carbocycles. The van der Waals surface area contributed by atoms with Crippen LogP contribution in [-0.2, 0) is 25.4 Å². The lowest BCUT2D eigenvalue weighted by atomic mass is 9.80. The van der Waals surface area contributed by atoms with Crippen molar-refractivity contribution >= 4 is 5.91 Å². The van der Waals surface area contributed by atoms with Gasteiger partial charge in [-0.3, -0.25) is 4.79 Å². The van der Waals surface area contributed by atoms with Gasteiger partial charge in [0, 0.05) is 58.5 Å². The molecule has 44 heavy (non-hydrogen) atoms. The number of nitrogens with one attached hydrogen (secondary N) is 1. The zero-order valence-electron chi connectivity index (χ0n) is 28.3. The molecule has 9 nitrogen and oxygen atoms in total. The smallest absolute Gasteiger partial charge is 0.223 e. The molecule has 1 saturated carbocycles. The number of amides is 1. The van der Waals surface area contributed by atoms with Gasteiger partial charge in [0.1, 0.15) is 0 Å². The highest BCUT2D eigenvalue weighted by atomic mass is 16.5. The van der Waals surface area contributed by atoms with E-state index in [-0.39, 0.29) is 35.8 Å². The van der Waals surface area contributed by atoms with E-state index < -0.39 is 12.1 Å². The molecule has 2 fully saturated rings. The summed E-state index contributed by atoms with van der Waals surface area (Å²) in [4.78, 5) is 13.7. The fourth-order valence-electron chi connectivity index (χ4n) is 6.97. The third-order valence-electron chi connectivity index (χ3n) is 9.91. The Labute approximate surface area is 265 Å². The molecule has 1 aliphatic heterocycles. The minimum atomic E-state index is -0.778. The molecule has 9 heteroatoms. The van der Waals surface area contributed by atoms with Gasteiger partial charge in [-0.2, -0.15) is 0 Å². The zero-order chi connectivity index (χ0) is 32.2. The zero-order valence-corrected chi connectivity index (χ0v) is 28.3. The van der Waals surface area contributed by atoms with Crippen molar-refractivity contribution in [2.45, 2.75) is 96.9 Å². The van der Waals surface area contributed by atoms with Crippen molar-refractivity contribution in [3.8, 4) is 11.5 Å². The molecular formula is C35H60N2O7.